The van der Waals surface area contributed by atoms with E-state index in [1.54, 1.807) is 27.8 Å². The number of hydrogen-bond donors (Lipinski definition) is 1. The van der Waals surface area contributed by atoms with Crippen molar-refractivity contribution in [1.29, 1.82) is 0 Å². The van der Waals surface area contributed by atoms with Crippen molar-refractivity contribution in [3.63, 3.8) is 0 Å². The first kappa shape index (κ1) is 17.4. The lowest BCUT2D eigenvalue weighted by atomic mass is 10.0. The third-order valence-electron chi connectivity index (χ3n) is 3.50. The second-order valence-electron chi connectivity index (χ2n) is 5.05. The molecule has 0 fully saturated rings. The van der Waals surface area contributed by atoms with Crippen molar-refractivity contribution in [2.24, 2.45) is 0 Å². The van der Waals surface area contributed by atoms with Crippen LogP contribution in [0.4, 0.5) is 0 Å². The van der Waals surface area contributed by atoms with E-state index in [0.717, 1.165) is 36.7 Å². The van der Waals surface area contributed by atoms with E-state index in [9.17, 15) is 4.21 Å². The molecule has 3 nitrogen and oxygen atoms in total. The average Bonchev–Trinajstić information content (AvgIpc) is 2.96. The summed E-state index contributed by atoms with van der Waals surface area (Å²) in [4.78, 5) is 1.11. The normalized spacial score (nSPS) is 12.1. The highest BCUT2D eigenvalue weighted by molar-refractivity contribution is 7.80. The molecule has 0 saturated heterocycles. The lowest BCUT2D eigenvalue weighted by Gasteiger charge is -2.07. The number of ether oxygens (including phenoxy) is 1. The largest absolute Gasteiger partial charge is 0.497 e. The first-order chi connectivity index (χ1) is 11.6. The van der Waals surface area contributed by atoms with Crippen LogP contribution in [-0.2, 0) is 16.8 Å². The first-order valence-corrected chi connectivity index (χ1v) is 10.9. The minimum absolute atomic E-state index is 0.141. The van der Waals surface area contributed by atoms with E-state index in [1.165, 1.54) is 0 Å². The van der Waals surface area contributed by atoms with Gasteiger partial charge in [0.1, 0.15) is 9.57 Å². The molecule has 0 saturated carbocycles. The van der Waals surface area contributed by atoms with Crippen LogP contribution >= 0.6 is 32.9 Å². The van der Waals surface area contributed by atoms with Gasteiger partial charge in [0.05, 0.1) is 17.7 Å². The van der Waals surface area contributed by atoms with E-state index < -0.39 is 11.1 Å². The summed E-state index contributed by atoms with van der Waals surface area (Å²) in [5, 5.41) is 0. The number of benzene rings is 2. The molecule has 0 spiro atoms. The topological polar surface area (TPSA) is 46.5 Å². The van der Waals surface area contributed by atoms with Crippen LogP contribution in [0.2, 0.25) is 0 Å². The highest BCUT2D eigenvalue weighted by Crippen LogP contribution is 2.41. The summed E-state index contributed by atoms with van der Waals surface area (Å²) in [5.41, 5.74) is 3.96. The molecule has 1 atom stereocenters. The van der Waals surface area contributed by atoms with E-state index in [-0.39, 0.29) is 5.75 Å². The Morgan fingerprint density at radius 1 is 1.12 bits per heavy atom. The van der Waals surface area contributed by atoms with Crippen molar-refractivity contribution in [3.05, 3.63) is 57.9 Å². The van der Waals surface area contributed by atoms with E-state index in [4.69, 9.17) is 21.5 Å². The van der Waals surface area contributed by atoms with Crippen LogP contribution in [0.15, 0.2) is 48.5 Å². The maximum absolute atomic E-state index is 10.9. The molecule has 2 aromatic carbocycles. The van der Waals surface area contributed by atoms with Gasteiger partial charge in [-0.2, -0.15) is 0 Å². The fourth-order valence-corrected chi connectivity index (χ4v) is 5.77. The molecule has 0 bridgehead atoms. The zero-order valence-electron chi connectivity index (χ0n) is 12.7. The fourth-order valence-electron chi connectivity index (χ4n) is 2.37. The lowest BCUT2D eigenvalue weighted by molar-refractivity contribution is 0.415. The quantitative estimate of drug-likeness (QED) is 0.347. The summed E-state index contributed by atoms with van der Waals surface area (Å²) >= 11 is 3.70. The van der Waals surface area contributed by atoms with Crippen molar-refractivity contribution in [2.75, 3.05) is 7.11 Å². The van der Waals surface area contributed by atoms with Gasteiger partial charge in [-0.3, -0.25) is 0 Å². The Hall–Kier alpha value is -1.38. The smallest absolute Gasteiger partial charge is 0.157 e. The number of hydrogen-bond acceptors (Lipinski definition) is 5. The van der Waals surface area contributed by atoms with Gasteiger partial charge in [0, 0.05) is 5.56 Å². The molecule has 0 aliphatic rings. The molecule has 7 heteroatoms. The monoisotopic (exact) mass is 394 g/mol. The molecule has 124 valence electrons. The minimum atomic E-state index is -1.83. The highest BCUT2D eigenvalue weighted by atomic mass is 32.9. The van der Waals surface area contributed by atoms with Crippen LogP contribution in [0.25, 0.3) is 21.6 Å². The summed E-state index contributed by atoms with van der Waals surface area (Å²) in [6, 6.07) is 15.6. The van der Waals surface area contributed by atoms with E-state index in [0.29, 0.717) is 0 Å². The van der Waals surface area contributed by atoms with Crippen molar-refractivity contribution in [3.8, 4) is 27.3 Å². The van der Waals surface area contributed by atoms with Crippen molar-refractivity contribution >= 4 is 44.0 Å². The van der Waals surface area contributed by atoms with Gasteiger partial charge in [-0.1, -0.05) is 69.3 Å². The van der Waals surface area contributed by atoms with Gasteiger partial charge in [-0.15, -0.1) is 0 Å². The molecule has 1 heterocycles. The molecule has 1 aromatic heterocycles. The second kappa shape index (κ2) is 7.67. The summed E-state index contributed by atoms with van der Waals surface area (Å²) < 4.78 is 26.1. The second-order valence-corrected chi connectivity index (χ2v) is 8.80. The molecule has 0 amide bonds. The average molecular weight is 395 g/mol. The van der Waals surface area contributed by atoms with Gasteiger partial charge in [-0.05, 0) is 28.8 Å². The highest BCUT2D eigenvalue weighted by Gasteiger charge is 2.13. The molecular formula is C17H14O3S4. The van der Waals surface area contributed by atoms with Crippen LogP contribution in [0, 0.1) is 3.82 Å². The van der Waals surface area contributed by atoms with Gasteiger partial charge in [0.15, 0.2) is 11.1 Å². The maximum atomic E-state index is 10.9. The third-order valence-corrected chi connectivity index (χ3v) is 7.14. The van der Waals surface area contributed by atoms with Gasteiger partial charge in [0.25, 0.3) is 0 Å². The Balaban J connectivity index is 2.04. The number of methoxy groups -OCH3 is 1. The van der Waals surface area contributed by atoms with Crippen LogP contribution in [-0.4, -0.2) is 15.9 Å². The van der Waals surface area contributed by atoms with Crippen LogP contribution in [0.5, 0.6) is 5.75 Å². The van der Waals surface area contributed by atoms with E-state index in [1.807, 2.05) is 48.5 Å². The molecule has 1 unspecified atom stereocenters. The third kappa shape index (κ3) is 3.81. The van der Waals surface area contributed by atoms with Gasteiger partial charge in [0.2, 0.25) is 0 Å². The molecule has 3 rings (SSSR count). The Morgan fingerprint density at radius 2 is 1.88 bits per heavy atom. The number of rotatable bonds is 5. The summed E-state index contributed by atoms with van der Waals surface area (Å²) in [5.74, 6) is 0.937. The Kier molecular flexibility index (Phi) is 5.57. The molecule has 24 heavy (non-hydrogen) atoms. The van der Waals surface area contributed by atoms with Crippen molar-refractivity contribution in [2.45, 2.75) is 5.75 Å². The minimum Gasteiger partial charge on any atom is -0.497 e. The standard InChI is InChI=1S/C17H14O3S4/c1-20-14-4-2-3-13(9-14)15-16(22-23-17(15)21)12-7-5-11(6-8-12)10-24(18)19/h2-9H,10H2,1H3,(H,18,19). The van der Waals surface area contributed by atoms with E-state index in [2.05, 4.69) is 0 Å². The van der Waals surface area contributed by atoms with Crippen molar-refractivity contribution < 1.29 is 13.5 Å². The zero-order valence-corrected chi connectivity index (χ0v) is 16.0. The Labute approximate surface area is 155 Å². The fraction of sp³-hybridized carbons (Fsp3) is 0.118. The van der Waals surface area contributed by atoms with Gasteiger partial charge >= 0.3 is 0 Å². The molecular weight excluding hydrogens is 380 g/mol. The Morgan fingerprint density at radius 3 is 2.54 bits per heavy atom. The Bertz CT molecular complexity index is 926. The summed E-state index contributed by atoms with van der Waals surface area (Å²) in [6.07, 6.45) is 0. The van der Waals surface area contributed by atoms with Crippen molar-refractivity contribution in [1.82, 2.24) is 0 Å². The summed E-state index contributed by atoms with van der Waals surface area (Å²) in [7, 11) is 4.87. The molecule has 0 aliphatic carbocycles. The van der Waals surface area contributed by atoms with Gasteiger partial charge < -0.3 is 9.29 Å². The van der Waals surface area contributed by atoms with Gasteiger partial charge in [-0.25, -0.2) is 4.21 Å². The molecule has 0 radical (unpaired) electrons. The van der Waals surface area contributed by atoms with Crippen LogP contribution in [0.1, 0.15) is 5.56 Å². The molecule has 0 aliphatic heterocycles. The van der Waals surface area contributed by atoms with Crippen LogP contribution < -0.4 is 4.74 Å². The maximum Gasteiger partial charge on any atom is 0.157 e. The zero-order chi connectivity index (χ0) is 17.1. The first-order valence-electron chi connectivity index (χ1n) is 7.03. The summed E-state index contributed by atoms with van der Waals surface area (Å²) in [6.45, 7) is 0. The lowest BCUT2D eigenvalue weighted by Crippen LogP contribution is -1.92. The predicted octanol–water partition coefficient (Wildman–Crippen LogP) is 5.60. The predicted molar refractivity (Wildman–Crippen MR) is 105 cm³/mol. The van der Waals surface area contributed by atoms with Crippen LogP contribution in [0.3, 0.4) is 0 Å². The molecule has 3 aromatic rings. The SMILES string of the molecule is COc1cccc(-c2c(-c3ccc(CS(=O)O)cc3)ssc2=S)c1. The van der Waals surface area contributed by atoms with E-state index >= 15 is 0 Å². The molecule has 1 N–H and O–H groups in total.